The van der Waals surface area contributed by atoms with E-state index in [1.54, 1.807) is 29.5 Å². The number of nitrogens with zero attached hydrogens (tertiary/aromatic N) is 1. The molecule has 0 atom stereocenters. The molecule has 1 N–H and O–H groups in total. The Labute approximate surface area is 201 Å². The zero-order chi connectivity index (χ0) is 23.3. The second-order valence-corrected chi connectivity index (χ2v) is 8.94. The van der Waals surface area contributed by atoms with E-state index in [0.29, 0.717) is 55.0 Å². The van der Waals surface area contributed by atoms with Gasteiger partial charge in [-0.3, -0.25) is 14.5 Å². The van der Waals surface area contributed by atoms with Crippen LogP contribution in [0.2, 0.25) is 0 Å². The van der Waals surface area contributed by atoms with Gasteiger partial charge in [0.2, 0.25) is 3.79 Å². The van der Waals surface area contributed by atoms with Gasteiger partial charge < -0.3 is 19.3 Å². The third-order valence-electron chi connectivity index (χ3n) is 5.85. The second kappa shape index (κ2) is 11.2. The summed E-state index contributed by atoms with van der Waals surface area (Å²) >= 11 is 1.69. The van der Waals surface area contributed by atoms with Gasteiger partial charge in [0, 0.05) is 65.3 Å². The van der Waals surface area contributed by atoms with Gasteiger partial charge in [0.25, 0.3) is 0 Å². The highest BCUT2D eigenvalue weighted by Gasteiger charge is 2.32. The molecule has 1 aromatic carbocycles. The number of carbonyl (C=O) groups excluding carboxylic acids is 3. The average Bonchev–Trinajstić information content (AvgIpc) is 3.16. The fraction of sp³-hybridized carbons (Fsp3) is 0.522. The van der Waals surface area contributed by atoms with Crippen LogP contribution in [0.15, 0.2) is 11.6 Å². The van der Waals surface area contributed by atoms with E-state index in [4.69, 9.17) is 14.2 Å². The first-order chi connectivity index (χ1) is 15.3. The summed E-state index contributed by atoms with van der Waals surface area (Å²) in [6, 6.07) is 0. The summed E-state index contributed by atoms with van der Waals surface area (Å²) in [4.78, 5) is 38.5. The normalized spacial score (nSPS) is 16.6. The van der Waals surface area contributed by atoms with Crippen molar-refractivity contribution >= 4 is 38.3 Å². The van der Waals surface area contributed by atoms with E-state index in [1.807, 2.05) is 13.0 Å². The zero-order valence-electron chi connectivity index (χ0n) is 18.4. The number of phenols is 1. The molecule has 3 rings (SSSR count). The number of morpholine rings is 1. The first-order valence-electron chi connectivity index (χ1n) is 10.6. The molecule has 1 aromatic rings. The van der Waals surface area contributed by atoms with Crippen LogP contribution >= 0.6 is 22.6 Å². The van der Waals surface area contributed by atoms with Crippen LogP contribution in [0.1, 0.15) is 57.2 Å². The van der Waals surface area contributed by atoms with Gasteiger partial charge >= 0.3 is 11.9 Å². The number of ether oxygens (including phenoxy) is 3. The highest BCUT2D eigenvalue weighted by molar-refractivity contribution is 14.1. The van der Waals surface area contributed by atoms with Gasteiger partial charge in [-0.1, -0.05) is 11.6 Å². The van der Waals surface area contributed by atoms with Crippen LogP contribution in [0.4, 0.5) is 0 Å². The van der Waals surface area contributed by atoms with Crippen molar-refractivity contribution in [3.05, 3.63) is 39.5 Å². The lowest BCUT2D eigenvalue weighted by Gasteiger charge is -2.26. The highest BCUT2D eigenvalue weighted by atomic mass is 127. The molecule has 1 fully saturated rings. The van der Waals surface area contributed by atoms with Crippen LogP contribution in [0, 0.1) is 6.92 Å². The van der Waals surface area contributed by atoms with E-state index >= 15 is 0 Å². The largest absolute Gasteiger partial charge is 0.507 e. The van der Waals surface area contributed by atoms with E-state index in [-0.39, 0.29) is 40.5 Å². The molecule has 32 heavy (non-hydrogen) atoms. The van der Waals surface area contributed by atoms with Crippen LogP contribution in [-0.4, -0.2) is 65.2 Å². The van der Waals surface area contributed by atoms with E-state index in [2.05, 4.69) is 4.90 Å². The molecule has 2 heterocycles. The van der Waals surface area contributed by atoms with Crippen molar-refractivity contribution in [2.75, 3.05) is 39.5 Å². The quantitative estimate of drug-likeness (QED) is 0.214. The highest BCUT2D eigenvalue weighted by Crippen LogP contribution is 2.39. The van der Waals surface area contributed by atoms with Crippen LogP contribution < -0.4 is 0 Å². The molecule has 0 bridgehead atoms. The van der Waals surface area contributed by atoms with Crippen molar-refractivity contribution in [3.8, 4) is 5.75 Å². The van der Waals surface area contributed by atoms with Crippen molar-refractivity contribution in [2.45, 2.75) is 39.7 Å². The van der Waals surface area contributed by atoms with Crippen molar-refractivity contribution in [1.29, 1.82) is 0 Å². The third kappa shape index (κ3) is 5.87. The van der Waals surface area contributed by atoms with Crippen molar-refractivity contribution < 1.29 is 33.7 Å². The topological polar surface area (TPSA) is 102 Å². The van der Waals surface area contributed by atoms with Crippen LogP contribution in [0.5, 0.6) is 5.75 Å². The molecule has 2 aliphatic heterocycles. The van der Waals surface area contributed by atoms with Crippen LogP contribution in [-0.2, 0) is 32.0 Å². The van der Waals surface area contributed by atoms with Gasteiger partial charge in [-0.05, 0) is 32.3 Å². The summed E-state index contributed by atoms with van der Waals surface area (Å²) in [5.41, 5.74) is 3.12. The Morgan fingerprint density at radius 2 is 1.97 bits per heavy atom. The van der Waals surface area contributed by atoms with Gasteiger partial charge in [0.1, 0.15) is 24.5 Å². The van der Waals surface area contributed by atoms with E-state index < -0.39 is 5.97 Å². The van der Waals surface area contributed by atoms with Crippen molar-refractivity contribution in [3.63, 3.8) is 0 Å². The number of hydrogen-bond donors (Lipinski definition) is 1. The maximum atomic E-state index is 12.3. The number of fused-ring (bicyclic) bond motifs is 1. The number of aromatic hydroxyl groups is 1. The van der Waals surface area contributed by atoms with Gasteiger partial charge in [0.15, 0.2) is 0 Å². The summed E-state index contributed by atoms with van der Waals surface area (Å²) in [6.45, 7) is 7.91. The standard InChI is InChI=1S/C23H28INO7/c1-14(4-6-18(26)31-12-9-25-7-10-30-11-8-25)3-5-16-19(22(24)28)15(2)17-13-32-23(29)20(17)21(16)27/h3,27H,4-13H2,1-2H3/b14-3+. The molecule has 174 valence electrons. The van der Waals surface area contributed by atoms with Gasteiger partial charge in [-0.2, -0.15) is 0 Å². The summed E-state index contributed by atoms with van der Waals surface area (Å²) in [5, 5.41) is 10.7. The Hall–Kier alpha value is -1.98. The lowest BCUT2D eigenvalue weighted by molar-refractivity contribution is -0.144. The number of benzene rings is 1. The molecule has 0 unspecified atom stereocenters. The fourth-order valence-corrected chi connectivity index (χ4v) is 4.65. The van der Waals surface area contributed by atoms with Gasteiger partial charge in [-0.25, -0.2) is 4.79 Å². The Kier molecular flexibility index (Phi) is 8.66. The zero-order valence-corrected chi connectivity index (χ0v) is 20.5. The summed E-state index contributed by atoms with van der Waals surface area (Å²) in [6.07, 6.45) is 2.90. The Bertz CT molecular complexity index is 935. The number of halogens is 1. The number of hydrogen-bond acceptors (Lipinski definition) is 8. The van der Waals surface area contributed by atoms with Crippen LogP contribution in [0.3, 0.4) is 0 Å². The maximum absolute atomic E-state index is 12.3. The molecule has 0 aromatic heterocycles. The molecular weight excluding hydrogens is 529 g/mol. The molecule has 2 aliphatic rings. The average molecular weight is 557 g/mol. The number of phenolic OH excluding ortho intramolecular Hbond substituents is 1. The summed E-state index contributed by atoms with van der Waals surface area (Å²) in [7, 11) is 0. The maximum Gasteiger partial charge on any atom is 0.342 e. The Morgan fingerprint density at radius 1 is 1.25 bits per heavy atom. The van der Waals surface area contributed by atoms with Crippen LogP contribution in [0.25, 0.3) is 0 Å². The van der Waals surface area contributed by atoms with Gasteiger partial charge in [-0.15, -0.1) is 0 Å². The molecule has 0 aliphatic carbocycles. The number of allylic oxidation sites excluding steroid dienone is 2. The van der Waals surface area contributed by atoms with Crippen molar-refractivity contribution in [2.24, 2.45) is 0 Å². The minimum atomic E-state index is -0.574. The molecule has 9 heteroatoms. The summed E-state index contributed by atoms with van der Waals surface area (Å²) in [5.74, 6) is -1.03. The molecule has 0 amide bonds. The number of cyclic esters (lactones) is 1. The monoisotopic (exact) mass is 557 g/mol. The number of rotatable bonds is 9. The van der Waals surface area contributed by atoms with E-state index in [0.717, 1.165) is 18.7 Å². The smallest absolute Gasteiger partial charge is 0.342 e. The molecular formula is C23H28INO7. The predicted octanol–water partition coefficient (Wildman–Crippen LogP) is 3.09. The molecule has 1 saturated heterocycles. The first kappa shape index (κ1) is 24.7. The Balaban J connectivity index is 1.58. The lowest BCUT2D eigenvalue weighted by atomic mass is 9.90. The minimum Gasteiger partial charge on any atom is -0.507 e. The fourth-order valence-electron chi connectivity index (χ4n) is 3.92. The molecule has 0 spiro atoms. The molecule has 0 radical (unpaired) electrons. The molecule has 0 saturated carbocycles. The van der Waals surface area contributed by atoms with E-state index in [9.17, 15) is 19.5 Å². The predicted molar refractivity (Wildman–Crippen MR) is 125 cm³/mol. The Morgan fingerprint density at radius 3 is 2.66 bits per heavy atom. The second-order valence-electron chi connectivity index (χ2n) is 7.96. The number of carbonyl (C=O) groups is 3. The van der Waals surface area contributed by atoms with E-state index in [1.165, 1.54) is 0 Å². The SMILES string of the molecule is C/C(=C\Cc1c(O)c2c(c(C)c1C(=O)I)COC2=O)CCC(=O)OCCN1CCOCC1. The summed E-state index contributed by atoms with van der Waals surface area (Å²) < 4.78 is 15.5. The number of esters is 2. The lowest BCUT2D eigenvalue weighted by Crippen LogP contribution is -2.38. The van der Waals surface area contributed by atoms with Crippen molar-refractivity contribution in [1.82, 2.24) is 4.90 Å². The third-order valence-corrected chi connectivity index (χ3v) is 6.39. The molecule has 8 nitrogen and oxygen atoms in total. The minimum absolute atomic E-state index is 0.0628. The van der Waals surface area contributed by atoms with Gasteiger partial charge in [0.05, 0.1) is 13.2 Å². The first-order valence-corrected chi connectivity index (χ1v) is 11.7.